The van der Waals surface area contributed by atoms with Crippen molar-refractivity contribution in [3.63, 3.8) is 0 Å². The Balaban J connectivity index is 2.04. The van der Waals surface area contributed by atoms with Gasteiger partial charge in [-0.3, -0.25) is 0 Å². The van der Waals surface area contributed by atoms with Crippen molar-refractivity contribution in [3.8, 4) is 0 Å². The third kappa shape index (κ3) is 6.19. The van der Waals surface area contributed by atoms with Gasteiger partial charge in [0.1, 0.15) is 0 Å². The van der Waals surface area contributed by atoms with Gasteiger partial charge in [0.05, 0.1) is 0 Å². The van der Waals surface area contributed by atoms with Crippen LogP contribution in [0.25, 0.3) is 0 Å². The van der Waals surface area contributed by atoms with Crippen LogP contribution in [0, 0.1) is 5.92 Å². The molecule has 0 aliphatic heterocycles. The predicted octanol–water partition coefficient (Wildman–Crippen LogP) is 3.67. The van der Waals surface area contributed by atoms with Crippen molar-refractivity contribution in [2.24, 2.45) is 5.92 Å². The lowest BCUT2D eigenvalue weighted by molar-refractivity contribution is 0.161. The molecular weight excluding hydrogens is 220 g/mol. The fourth-order valence-corrected chi connectivity index (χ4v) is 3.05. The van der Waals surface area contributed by atoms with Gasteiger partial charge < -0.3 is 10.2 Å². The number of rotatable bonds is 8. The van der Waals surface area contributed by atoms with Crippen LogP contribution in [0.15, 0.2) is 0 Å². The predicted molar refractivity (Wildman–Crippen MR) is 81.0 cm³/mol. The number of hydrogen-bond acceptors (Lipinski definition) is 2. The van der Waals surface area contributed by atoms with E-state index in [2.05, 4.69) is 38.0 Å². The van der Waals surface area contributed by atoms with Crippen LogP contribution >= 0.6 is 0 Å². The molecule has 2 nitrogen and oxygen atoms in total. The Bertz CT molecular complexity index is 195. The van der Waals surface area contributed by atoms with E-state index < -0.39 is 0 Å². The van der Waals surface area contributed by atoms with Crippen LogP contribution < -0.4 is 5.32 Å². The third-order valence-electron chi connectivity index (χ3n) is 4.51. The maximum absolute atomic E-state index is 3.49. The Morgan fingerprint density at radius 1 is 1.11 bits per heavy atom. The first kappa shape index (κ1) is 16.0. The van der Waals surface area contributed by atoms with Crippen LogP contribution in [0.5, 0.6) is 0 Å². The molecule has 0 aromatic rings. The Kier molecular flexibility index (Phi) is 7.92. The van der Waals surface area contributed by atoms with Crippen LogP contribution in [0.3, 0.4) is 0 Å². The van der Waals surface area contributed by atoms with E-state index in [-0.39, 0.29) is 0 Å². The molecule has 1 saturated carbocycles. The normalized spacial score (nSPS) is 25.0. The van der Waals surface area contributed by atoms with E-state index in [4.69, 9.17) is 0 Å². The van der Waals surface area contributed by atoms with Crippen molar-refractivity contribution in [2.75, 3.05) is 20.1 Å². The van der Waals surface area contributed by atoms with E-state index in [1.807, 2.05) is 0 Å². The second-order valence-corrected chi connectivity index (χ2v) is 6.38. The molecule has 1 aliphatic carbocycles. The fraction of sp³-hybridized carbons (Fsp3) is 1.00. The molecule has 0 heterocycles. The summed E-state index contributed by atoms with van der Waals surface area (Å²) in [7, 11) is 2.33. The summed E-state index contributed by atoms with van der Waals surface area (Å²) in [5.41, 5.74) is 0. The van der Waals surface area contributed by atoms with E-state index in [1.165, 1.54) is 58.0 Å². The average molecular weight is 254 g/mol. The van der Waals surface area contributed by atoms with Gasteiger partial charge in [0.25, 0.3) is 0 Å². The molecule has 0 saturated heterocycles. The average Bonchev–Trinajstić information content (AvgIpc) is 2.38. The van der Waals surface area contributed by atoms with E-state index >= 15 is 0 Å². The molecule has 1 rings (SSSR count). The van der Waals surface area contributed by atoms with Crippen molar-refractivity contribution in [2.45, 2.75) is 77.8 Å². The number of hydrogen-bond donors (Lipinski definition) is 1. The van der Waals surface area contributed by atoms with Gasteiger partial charge in [0.2, 0.25) is 0 Å². The molecule has 0 spiro atoms. The first-order chi connectivity index (χ1) is 8.63. The molecule has 0 atom stereocenters. The van der Waals surface area contributed by atoms with Crippen LogP contribution in [0.4, 0.5) is 0 Å². The Hall–Kier alpha value is -0.0800. The van der Waals surface area contributed by atoms with Crippen LogP contribution in [0.2, 0.25) is 0 Å². The van der Waals surface area contributed by atoms with Gasteiger partial charge >= 0.3 is 0 Å². The van der Waals surface area contributed by atoms with Gasteiger partial charge in [-0.25, -0.2) is 0 Å². The van der Waals surface area contributed by atoms with Crippen LogP contribution in [-0.4, -0.2) is 37.1 Å². The minimum Gasteiger partial charge on any atom is -0.315 e. The minimum atomic E-state index is 0.632. The van der Waals surface area contributed by atoms with E-state index in [9.17, 15) is 0 Å². The van der Waals surface area contributed by atoms with Crippen molar-refractivity contribution < 1.29 is 0 Å². The van der Waals surface area contributed by atoms with Gasteiger partial charge in [-0.15, -0.1) is 0 Å². The molecule has 0 radical (unpaired) electrons. The maximum Gasteiger partial charge on any atom is 0.00924 e. The largest absolute Gasteiger partial charge is 0.315 e. The highest BCUT2D eigenvalue weighted by Gasteiger charge is 2.22. The monoisotopic (exact) mass is 254 g/mol. The lowest BCUT2D eigenvalue weighted by atomic mass is 9.84. The highest BCUT2D eigenvalue weighted by atomic mass is 15.1. The number of nitrogens with one attached hydrogen (secondary N) is 1. The molecule has 0 aromatic carbocycles. The summed E-state index contributed by atoms with van der Waals surface area (Å²) in [6, 6.07) is 1.50. The summed E-state index contributed by atoms with van der Waals surface area (Å²) in [5, 5.41) is 3.49. The molecule has 2 heteroatoms. The smallest absolute Gasteiger partial charge is 0.00924 e. The van der Waals surface area contributed by atoms with Crippen molar-refractivity contribution in [1.29, 1.82) is 0 Å². The molecule has 0 aromatic heterocycles. The summed E-state index contributed by atoms with van der Waals surface area (Å²) in [5.74, 6) is 1.02. The number of nitrogens with zero attached hydrogens (tertiary/aromatic N) is 1. The summed E-state index contributed by atoms with van der Waals surface area (Å²) in [6.07, 6.45) is 9.81. The molecule has 0 amide bonds. The topological polar surface area (TPSA) is 15.3 Å². The van der Waals surface area contributed by atoms with Gasteiger partial charge in [0, 0.05) is 12.1 Å². The summed E-state index contributed by atoms with van der Waals surface area (Å²) < 4.78 is 0. The lowest BCUT2D eigenvalue weighted by Gasteiger charge is -2.34. The van der Waals surface area contributed by atoms with E-state index in [0.29, 0.717) is 6.04 Å². The molecule has 108 valence electrons. The van der Waals surface area contributed by atoms with Crippen LogP contribution in [-0.2, 0) is 0 Å². The summed E-state index contributed by atoms with van der Waals surface area (Å²) >= 11 is 0. The summed E-state index contributed by atoms with van der Waals surface area (Å²) in [6.45, 7) is 9.24. The highest BCUT2D eigenvalue weighted by Crippen LogP contribution is 2.28. The summed E-state index contributed by atoms with van der Waals surface area (Å²) in [4.78, 5) is 2.61. The SMILES string of the molecule is CCC1CCC(N(C)CCCCNC(C)C)CC1. The lowest BCUT2D eigenvalue weighted by Crippen LogP contribution is -2.36. The zero-order chi connectivity index (χ0) is 13.4. The van der Waals surface area contributed by atoms with Crippen molar-refractivity contribution in [3.05, 3.63) is 0 Å². The van der Waals surface area contributed by atoms with Crippen molar-refractivity contribution >= 4 is 0 Å². The first-order valence-corrected chi connectivity index (χ1v) is 8.07. The zero-order valence-corrected chi connectivity index (χ0v) is 13.0. The molecule has 0 unspecified atom stereocenters. The second-order valence-electron chi connectivity index (χ2n) is 6.38. The molecule has 0 bridgehead atoms. The Morgan fingerprint density at radius 2 is 1.78 bits per heavy atom. The first-order valence-electron chi connectivity index (χ1n) is 8.07. The number of unbranched alkanes of at least 4 members (excludes halogenated alkanes) is 1. The van der Waals surface area contributed by atoms with E-state index in [0.717, 1.165) is 12.0 Å². The fourth-order valence-electron chi connectivity index (χ4n) is 3.05. The Morgan fingerprint density at radius 3 is 2.33 bits per heavy atom. The van der Waals surface area contributed by atoms with Gasteiger partial charge in [0.15, 0.2) is 0 Å². The van der Waals surface area contributed by atoms with Gasteiger partial charge in [-0.2, -0.15) is 0 Å². The zero-order valence-electron chi connectivity index (χ0n) is 13.0. The van der Waals surface area contributed by atoms with E-state index in [1.54, 1.807) is 0 Å². The molecule has 1 fully saturated rings. The van der Waals surface area contributed by atoms with Crippen molar-refractivity contribution in [1.82, 2.24) is 10.2 Å². The quantitative estimate of drug-likeness (QED) is 0.665. The third-order valence-corrected chi connectivity index (χ3v) is 4.51. The van der Waals surface area contributed by atoms with Gasteiger partial charge in [-0.05, 0) is 64.6 Å². The van der Waals surface area contributed by atoms with Crippen LogP contribution in [0.1, 0.15) is 65.7 Å². The molecule has 1 aliphatic rings. The molecular formula is C16H34N2. The molecule has 18 heavy (non-hydrogen) atoms. The Labute approximate surface area is 115 Å². The second kappa shape index (κ2) is 8.92. The highest BCUT2D eigenvalue weighted by molar-refractivity contribution is 4.77. The minimum absolute atomic E-state index is 0.632. The standard InChI is InChI=1S/C16H34N2/c1-5-15-8-10-16(11-9-15)18(4)13-7-6-12-17-14(2)3/h14-17H,5-13H2,1-4H3. The maximum atomic E-state index is 3.49. The van der Waals surface area contributed by atoms with Gasteiger partial charge in [-0.1, -0.05) is 27.2 Å². The molecule has 1 N–H and O–H groups in total.